The Morgan fingerprint density at radius 3 is 2.68 bits per heavy atom. The minimum Gasteiger partial charge on any atom is -0.482 e. The van der Waals surface area contributed by atoms with Crippen LogP contribution in [0.4, 0.5) is 0 Å². The van der Waals surface area contributed by atoms with Gasteiger partial charge in [-0.05, 0) is 35.9 Å². The zero-order valence-corrected chi connectivity index (χ0v) is 17.9. The Bertz CT molecular complexity index is 1100. The van der Waals surface area contributed by atoms with Crippen molar-refractivity contribution >= 4 is 53.1 Å². The van der Waals surface area contributed by atoms with Gasteiger partial charge in [-0.1, -0.05) is 47.1 Å². The Hall–Kier alpha value is -3.08. The fourth-order valence-electron chi connectivity index (χ4n) is 2.14. The summed E-state index contributed by atoms with van der Waals surface area (Å²) >= 11 is 12.9. The van der Waals surface area contributed by atoms with E-state index in [-0.39, 0.29) is 34.9 Å². The van der Waals surface area contributed by atoms with Crippen LogP contribution >= 0.6 is 35.0 Å². The van der Waals surface area contributed by atoms with Gasteiger partial charge < -0.3 is 14.3 Å². The summed E-state index contributed by atoms with van der Waals surface area (Å²) in [7, 11) is 0. The van der Waals surface area contributed by atoms with Gasteiger partial charge in [0.15, 0.2) is 6.61 Å². The lowest BCUT2D eigenvalue weighted by Gasteiger charge is -2.05. The van der Waals surface area contributed by atoms with Gasteiger partial charge >= 0.3 is 5.97 Å². The van der Waals surface area contributed by atoms with E-state index >= 15 is 0 Å². The number of carbonyl (C=O) groups is 2. The number of nitrogens with one attached hydrogen (secondary N) is 1. The predicted octanol–water partition coefficient (Wildman–Crippen LogP) is 3.90. The molecule has 0 fully saturated rings. The van der Waals surface area contributed by atoms with E-state index in [1.165, 1.54) is 18.3 Å². The second-order valence-corrected chi connectivity index (χ2v) is 7.60. The number of hydrazone groups is 1. The van der Waals surface area contributed by atoms with Crippen molar-refractivity contribution in [2.24, 2.45) is 5.10 Å². The molecule has 0 spiro atoms. The first-order valence-corrected chi connectivity index (χ1v) is 10.3. The number of halogens is 2. The van der Waals surface area contributed by atoms with E-state index < -0.39 is 5.97 Å². The first-order chi connectivity index (χ1) is 14.9. The smallest absolute Gasteiger partial charge is 0.335 e. The summed E-state index contributed by atoms with van der Waals surface area (Å²) in [4.78, 5) is 22.7. The molecule has 12 heteroatoms. The summed E-state index contributed by atoms with van der Waals surface area (Å²) in [5.74, 6) is -0.753. The molecule has 0 saturated carbocycles. The summed E-state index contributed by atoms with van der Waals surface area (Å²) in [5.41, 5.74) is 3.16. The van der Waals surface area contributed by atoms with Crippen molar-refractivity contribution in [1.82, 2.24) is 15.6 Å². The van der Waals surface area contributed by atoms with Gasteiger partial charge in [0.2, 0.25) is 0 Å². The van der Waals surface area contributed by atoms with Crippen LogP contribution in [-0.2, 0) is 11.4 Å². The fraction of sp³-hybridized carbons (Fsp3) is 0.105. The first-order valence-electron chi connectivity index (χ1n) is 8.59. The number of aromatic nitrogens is 2. The largest absolute Gasteiger partial charge is 0.482 e. The van der Waals surface area contributed by atoms with Crippen LogP contribution in [0, 0.1) is 0 Å². The van der Waals surface area contributed by atoms with Crippen molar-refractivity contribution in [3.05, 3.63) is 69.5 Å². The quantitative estimate of drug-likeness (QED) is 0.268. The lowest BCUT2D eigenvalue weighted by Crippen LogP contribution is -2.19. The Labute approximate surface area is 190 Å². The van der Waals surface area contributed by atoms with E-state index in [0.717, 1.165) is 11.8 Å². The summed E-state index contributed by atoms with van der Waals surface area (Å²) < 4.78 is 10.9. The molecule has 0 atom stereocenters. The molecule has 0 bridgehead atoms. The van der Waals surface area contributed by atoms with Gasteiger partial charge in [0.05, 0.1) is 22.6 Å². The molecular formula is C19H14Cl2N4O5S. The third-order valence-corrected chi connectivity index (χ3v) is 4.93. The molecule has 2 aromatic carbocycles. The van der Waals surface area contributed by atoms with Crippen LogP contribution in [0.15, 0.2) is 57.2 Å². The second-order valence-electron chi connectivity index (χ2n) is 5.83. The molecule has 1 aromatic heterocycles. The highest BCUT2D eigenvalue weighted by molar-refractivity contribution is 7.99. The normalized spacial score (nSPS) is 10.9. The third-order valence-electron chi connectivity index (χ3n) is 3.58. The van der Waals surface area contributed by atoms with Gasteiger partial charge in [-0.3, -0.25) is 4.79 Å². The predicted molar refractivity (Wildman–Crippen MR) is 115 cm³/mol. The number of aromatic carboxylic acids is 1. The monoisotopic (exact) mass is 480 g/mol. The molecule has 9 nitrogen and oxygen atoms in total. The number of nitrogens with zero attached hydrogens (tertiary/aromatic N) is 3. The molecule has 0 unspecified atom stereocenters. The number of rotatable bonds is 9. The van der Waals surface area contributed by atoms with Crippen molar-refractivity contribution in [2.45, 2.75) is 11.8 Å². The fourth-order valence-corrected chi connectivity index (χ4v) is 3.17. The van der Waals surface area contributed by atoms with E-state index in [1.54, 1.807) is 30.3 Å². The van der Waals surface area contributed by atoms with Gasteiger partial charge in [0.1, 0.15) is 5.75 Å². The molecule has 0 aliphatic carbocycles. The molecule has 0 saturated heterocycles. The third kappa shape index (κ3) is 6.99. The lowest BCUT2D eigenvalue weighted by atomic mass is 10.1. The maximum atomic E-state index is 11.9. The van der Waals surface area contributed by atoms with E-state index in [0.29, 0.717) is 21.4 Å². The summed E-state index contributed by atoms with van der Waals surface area (Å²) in [5, 5.41) is 21.4. The van der Waals surface area contributed by atoms with E-state index in [4.69, 9.17) is 37.5 Å². The highest BCUT2D eigenvalue weighted by atomic mass is 35.5. The van der Waals surface area contributed by atoms with Gasteiger partial charge in [-0.25, -0.2) is 10.2 Å². The van der Waals surface area contributed by atoms with Gasteiger partial charge in [0, 0.05) is 5.02 Å². The van der Waals surface area contributed by atoms with Crippen molar-refractivity contribution in [3.63, 3.8) is 0 Å². The topological polar surface area (TPSA) is 127 Å². The number of carbonyl (C=O) groups excluding carboxylic acids is 1. The number of hydrogen-bond acceptors (Lipinski definition) is 8. The Morgan fingerprint density at radius 1 is 1.19 bits per heavy atom. The van der Waals surface area contributed by atoms with Crippen LogP contribution in [0.1, 0.15) is 21.8 Å². The molecule has 3 aromatic rings. The van der Waals surface area contributed by atoms with E-state index in [9.17, 15) is 9.59 Å². The van der Waals surface area contributed by atoms with Crippen LogP contribution in [0.2, 0.25) is 10.0 Å². The second kappa shape index (κ2) is 10.8. The SMILES string of the molecule is O=C(CSc1nnc(COc2ccc(Cl)cc2Cl)o1)N/N=C\c1ccc(C(=O)O)cc1. The summed E-state index contributed by atoms with van der Waals surface area (Å²) in [6.45, 7) is 0.00602. The number of thioether (sulfide) groups is 1. The molecule has 3 rings (SSSR count). The van der Waals surface area contributed by atoms with Crippen LogP contribution in [-0.4, -0.2) is 39.1 Å². The van der Waals surface area contributed by atoms with Gasteiger partial charge in [0.25, 0.3) is 17.0 Å². The molecule has 0 aliphatic heterocycles. The number of carboxylic acid groups (broad SMARTS) is 1. The molecule has 160 valence electrons. The standard InChI is InChI=1S/C19H14Cl2N4O5S/c20-13-5-6-15(14(21)7-13)29-9-17-24-25-19(30-17)31-10-16(26)23-22-8-11-1-3-12(4-2-11)18(27)28/h1-8H,9-10H2,(H,23,26)(H,27,28)/b22-8-. The van der Waals surface area contributed by atoms with Crippen molar-refractivity contribution < 1.29 is 23.8 Å². The van der Waals surface area contributed by atoms with Gasteiger partial charge in [-0.2, -0.15) is 5.10 Å². The maximum absolute atomic E-state index is 11.9. The summed E-state index contributed by atoms with van der Waals surface area (Å²) in [6.07, 6.45) is 1.40. The average molecular weight is 481 g/mol. The van der Waals surface area contributed by atoms with Crippen molar-refractivity contribution in [1.29, 1.82) is 0 Å². The lowest BCUT2D eigenvalue weighted by molar-refractivity contribution is -0.118. The minimum absolute atomic E-state index is 0.000789. The average Bonchev–Trinajstić information content (AvgIpc) is 3.20. The Kier molecular flexibility index (Phi) is 7.88. The minimum atomic E-state index is -1.02. The van der Waals surface area contributed by atoms with Crippen molar-refractivity contribution in [2.75, 3.05) is 5.75 Å². The van der Waals surface area contributed by atoms with Crippen LogP contribution in [0.5, 0.6) is 5.75 Å². The van der Waals surface area contributed by atoms with E-state index in [2.05, 4.69) is 20.7 Å². The molecule has 1 heterocycles. The molecule has 2 N–H and O–H groups in total. The van der Waals surface area contributed by atoms with E-state index in [1.807, 2.05) is 0 Å². The number of hydrogen-bond donors (Lipinski definition) is 2. The van der Waals surface area contributed by atoms with Gasteiger partial charge in [-0.15, -0.1) is 10.2 Å². The van der Waals surface area contributed by atoms with Crippen LogP contribution in [0.25, 0.3) is 0 Å². The number of amides is 1. The number of carboxylic acids is 1. The molecule has 31 heavy (non-hydrogen) atoms. The maximum Gasteiger partial charge on any atom is 0.335 e. The highest BCUT2D eigenvalue weighted by Gasteiger charge is 2.11. The molecule has 0 radical (unpaired) electrons. The number of benzene rings is 2. The van der Waals surface area contributed by atoms with Crippen molar-refractivity contribution in [3.8, 4) is 5.75 Å². The Balaban J connectivity index is 1.42. The van der Waals surface area contributed by atoms with Crippen LogP contribution in [0.3, 0.4) is 0 Å². The van der Waals surface area contributed by atoms with Crippen LogP contribution < -0.4 is 10.2 Å². The Morgan fingerprint density at radius 2 is 1.97 bits per heavy atom. The zero-order valence-electron chi connectivity index (χ0n) is 15.6. The first kappa shape index (κ1) is 22.6. The molecule has 1 amide bonds. The zero-order chi connectivity index (χ0) is 22.2. The highest BCUT2D eigenvalue weighted by Crippen LogP contribution is 2.28. The molecule has 0 aliphatic rings. The molecular weight excluding hydrogens is 467 g/mol. The summed E-state index contributed by atoms with van der Waals surface area (Å²) in [6, 6.07) is 10.9. The number of ether oxygens (including phenoxy) is 1.